The summed E-state index contributed by atoms with van der Waals surface area (Å²) in [6.45, 7) is 0. The lowest BCUT2D eigenvalue weighted by Gasteiger charge is -1.98. The van der Waals surface area contributed by atoms with Gasteiger partial charge >= 0.3 is 0 Å². The molecule has 12 heavy (non-hydrogen) atoms. The van der Waals surface area contributed by atoms with Gasteiger partial charge in [0.15, 0.2) is 17.3 Å². The second kappa shape index (κ2) is 3.67. The molecule has 0 bridgehead atoms. The van der Waals surface area contributed by atoms with Crippen molar-refractivity contribution in [2.24, 2.45) is 0 Å². The maximum Gasteiger partial charge on any atom is 0.173 e. The molecule has 0 saturated heterocycles. The van der Waals surface area contributed by atoms with E-state index in [9.17, 15) is 9.18 Å². The SMILES string of the molecule is O=C(CBr)c1ccc(F)c(O)c1. The first-order chi connectivity index (χ1) is 5.65. The van der Waals surface area contributed by atoms with Crippen LogP contribution in [0.5, 0.6) is 5.75 Å². The molecule has 0 fully saturated rings. The van der Waals surface area contributed by atoms with Crippen LogP contribution in [-0.2, 0) is 0 Å². The number of phenolic OH excluding ortho intramolecular Hbond substituents is 1. The van der Waals surface area contributed by atoms with Crippen molar-refractivity contribution >= 4 is 21.7 Å². The lowest BCUT2D eigenvalue weighted by molar-refractivity contribution is 0.102. The van der Waals surface area contributed by atoms with Crippen molar-refractivity contribution in [2.45, 2.75) is 0 Å². The molecule has 1 aromatic carbocycles. The van der Waals surface area contributed by atoms with Gasteiger partial charge in [0.1, 0.15) is 0 Å². The van der Waals surface area contributed by atoms with Crippen molar-refractivity contribution < 1.29 is 14.3 Å². The minimum absolute atomic E-state index is 0.165. The van der Waals surface area contributed by atoms with Crippen molar-refractivity contribution in [1.82, 2.24) is 0 Å². The number of Topliss-reactive ketones (excluding diaryl/α,β-unsaturated/α-hetero) is 1. The van der Waals surface area contributed by atoms with Crippen molar-refractivity contribution in [3.05, 3.63) is 29.6 Å². The maximum absolute atomic E-state index is 12.5. The normalized spacial score (nSPS) is 9.83. The molecule has 0 aliphatic rings. The number of phenols is 1. The van der Waals surface area contributed by atoms with Crippen LogP contribution in [-0.4, -0.2) is 16.2 Å². The molecule has 4 heteroatoms. The molecule has 64 valence electrons. The molecule has 0 spiro atoms. The lowest BCUT2D eigenvalue weighted by atomic mass is 10.1. The van der Waals surface area contributed by atoms with E-state index in [1.807, 2.05) is 0 Å². The van der Waals surface area contributed by atoms with E-state index in [0.717, 1.165) is 12.1 Å². The predicted molar refractivity (Wildman–Crippen MR) is 46.2 cm³/mol. The van der Waals surface area contributed by atoms with E-state index in [2.05, 4.69) is 15.9 Å². The Balaban J connectivity index is 3.05. The smallest absolute Gasteiger partial charge is 0.173 e. The molecule has 1 rings (SSSR count). The zero-order chi connectivity index (χ0) is 9.14. The summed E-state index contributed by atoms with van der Waals surface area (Å²) in [4.78, 5) is 11.0. The van der Waals surface area contributed by atoms with Crippen LogP contribution in [0.15, 0.2) is 18.2 Å². The highest BCUT2D eigenvalue weighted by atomic mass is 79.9. The minimum atomic E-state index is -0.721. The minimum Gasteiger partial charge on any atom is -0.505 e. The number of carbonyl (C=O) groups excluding carboxylic acids is 1. The molecule has 0 aromatic heterocycles. The van der Waals surface area contributed by atoms with E-state index in [0.29, 0.717) is 5.56 Å². The van der Waals surface area contributed by atoms with Gasteiger partial charge < -0.3 is 5.11 Å². The van der Waals surface area contributed by atoms with E-state index in [1.165, 1.54) is 6.07 Å². The second-order valence-corrected chi connectivity index (χ2v) is 2.78. The van der Waals surface area contributed by atoms with Gasteiger partial charge in [0, 0.05) is 5.56 Å². The van der Waals surface area contributed by atoms with E-state index in [-0.39, 0.29) is 11.1 Å². The number of rotatable bonds is 2. The monoisotopic (exact) mass is 232 g/mol. The van der Waals surface area contributed by atoms with Crippen LogP contribution in [0.25, 0.3) is 0 Å². The third kappa shape index (κ3) is 1.82. The highest BCUT2D eigenvalue weighted by Gasteiger charge is 2.06. The summed E-state index contributed by atoms with van der Waals surface area (Å²) in [7, 11) is 0. The second-order valence-electron chi connectivity index (χ2n) is 2.22. The number of halogens is 2. The predicted octanol–water partition coefficient (Wildman–Crippen LogP) is 2.11. The van der Waals surface area contributed by atoms with Gasteiger partial charge in [-0.15, -0.1) is 0 Å². The summed E-state index contributed by atoms with van der Waals surface area (Å²) < 4.78 is 12.5. The van der Waals surface area contributed by atoms with Crippen molar-refractivity contribution in [2.75, 3.05) is 5.33 Å². The maximum atomic E-state index is 12.5. The number of hydrogen-bond acceptors (Lipinski definition) is 2. The molecule has 0 amide bonds. The summed E-state index contributed by atoms with van der Waals surface area (Å²) in [6.07, 6.45) is 0. The summed E-state index contributed by atoms with van der Waals surface area (Å²) in [5, 5.41) is 9.07. The number of carbonyl (C=O) groups is 1. The van der Waals surface area contributed by atoms with Gasteiger partial charge in [0.05, 0.1) is 5.33 Å². The standard InChI is InChI=1S/C8H6BrFO2/c9-4-8(12)5-1-2-6(10)7(11)3-5/h1-3,11H,4H2. The Kier molecular flexibility index (Phi) is 2.81. The third-order valence-electron chi connectivity index (χ3n) is 1.39. The van der Waals surface area contributed by atoms with E-state index < -0.39 is 11.6 Å². The molecule has 1 N–H and O–H groups in total. The molecular weight excluding hydrogens is 227 g/mol. The van der Waals surface area contributed by atoms with E-state index in [1.54, 1.807) is 0 Å². The summed E-state index contributed by atoms with van der Waals surface area (Å²) in [5.74, 6) is -1.41. The molecule has 0 heterocycles. The van der Waals surface area contributed by atoms with Crippen LogP contribution in [0, 0.1) is 5.82 Å². The van der Waals surface area contributed by atoms with Crippen molar-refractivity contribution in [1.29, 1.82) is 0 Å². The van der Waals surface area contributed by atoms with Crippen LogP contribution < -0.4 is 0 Å². The Morgan fingerprint density at radius 2 is 2.25 bits per heavy atom. The summed E-state index contributed by atoms with van der Waals surface area (Å²) in [6, 6.07) is 3.50. The molecule has 2 nitrogen and oxygen atoms in total. The number of ketones is 1. The number of alkyl halides is 1. The largest absolute Gasteiger partial charge is 0.505 e. The van der Waals surface area contributed by atoms with E-state index in [4.69, 9.17) is 5.11 Å². The van der Waals surface area contributed by atoms with Gasteiger partial charge in [-0.2, -0.15) is 0 Å². The Morgan fingerprint density at radius 3 is 2.75 bits per heavy atom. The fraction of sp³-hybridized carbons (Fsp3) is 0.125. The topological polar surface area (TPSA) is 37.3 Å². The Bertz CT molecular complexity index is 312. The molecule has 1 aromatic rings. The van der Waals surface area contributed by atoms with E-state index >= 15 is 0 Å². The van der Waals surface area contributed by atoms with Crippen LogP contribution >= 0.6 is 15.9 Å². The first-order valence-corrected chi connectivity index (χ1v) is 4.35. The number of hydrogen-bond donors (Lipinski definition) is 1. The zero-order valence-electron chi connectivity index (χ0n) is 6.05. The molecular formula is C8H6BrFO2. The average molecular weight is 233 g/mol. The molecule has 0 saturated carbocycles. The first kappa shape index (κ1) is 9.19. The number of benzene rings is 1. The first-order valence-electron chi connectivity index (χ1n) is 3.23. The van der Waals surface area contributed by atoms with Crippen LogP contribution in [0.2, 0.25) is 0 Å². The summed E-state index contributed by atoms with van der Waals surface area (Å²) >= 11 is 2.97. The fourth-order valence-corrected chi connectivity index (χ4v) is 1.09. The quantitative estimate of drug-likeness (QED) is 0.627. The van der Waals surface area contributed by atoms with Gasteiger partial charge in [-0.3, -0.25) is 4.79 Å². The van der Waals surface area contributed by atoms with Gasteiger partial charge in [-0.05, 0) is 18.2 Å². The van der Waals surface area contributed by atoms with Gasteiger partial charge in [0.25, 0.3) is 0 Å². The third-order valence-corrected chi connectivity index (χ3v) is 1.90. The van der Waals surface area contributed by atoms with Crippen LogP contribution in [0.4, 0.5) is 4.39 Å². The van der Waals surface area contributed by atoms with Crippen molar-refractivity contribution in [3.8, 4) is 5.75 Å². The highest BCUT2D eigenvalue weighted by molar-refractivity contribution is 9.09. The lowest BCUT2D eigenvalue weighted by Crippen LogP contribution is -1.99. The Hall–Kier alpha value is -0.900. The van der Waals surface area contributed by atoms with Crippen LogP contribution in [0.1, 0.15) is 10.4 Å². The number of aromatic hydroxyl groups is 1. The fourth-order valence-electron chi connectivity index (χ4n) is 0.763. The Morgan fingerprint density at radius 1 is 1.58 bits per heavy atom. The van der Waals surface area contributed by atoms with Gasteiger partial charge in [-0.25, -0.2) is 4.39 Å². The molecule has 0 aliphatic carbocycles. The molecule has 0 atom stereocenters. The average Bonchev–Trinajstić information content (AvgIpc) is 2.08. The van der Waals surface area contributed by atoms with Gasteiger partial charge in [0.2, 0.25) is 0 Å². The van der Waals surface area contributed by atoms with Gasteiger partial charge in [-0.1, -0.05) is 15.9 Å². The summed E-state index contributed by atoms with van der Waals surface area (Å²) in [5.41, 5.74) is 0.297. The molecule has 0 radical (unpaired) electrons. The van der Waals surface area contributed by atoms with Crippen molar-refractivity contribution in [3.63, 3.8) is 0 Å². The Labute approximate surface area is 77.2 Å². The molecule has 0 aliphatic heterocycles. The highest BCUT2D eigenvalue weighted by Crippen LogP contribution is 2.17. The molecule has 0 unspecified atom stereocenters. The van der Waals surface area contributed by atoms with Crippen LogP contribution in [0.3, 0.4) is 0 Å². The zero-order valence-corrected chi connectivity index (χ0v) is 7.64.